The fraction of sp³-hybridized carbons (Fsp3) is 0.600. The Kier molecular flexibility index (Phi) is 8.35. The number of hydrogen-bond acceptors (Lipinski definition) is 3. The zero-order valence-electron chi connectivity index (χ0n) is 11.6. The van der Waals surface area contributed by atoms with E-state index in [2.05, 4.69) is 41.8 Å². The third kappa shape index (κ3) is 6.07. The van der Waals surface area contributed by atoms with Gasteiger partial charge in [0.1, 0.15) is 5.75 Å². The summed E-state index contributed by atoms with van der Waals surface area (Å²) in [6.45, 7) is 5.49. The molecule has 1 aromatic carbocycles. The zero-order chi connectivity index (χ0) is 12.6. The van der Waals surface area contributed by atoms with Gasteiger partial charge in [-0.05, 0) is 44.4 Å². The number of rotatable bonds is 7. The van der Waals surface area contributed by atoms with Crippen LogP contribution >= 0.6 is 24.2 Å². The van der Waals surface area contributed by atoms with Crippen molar-refractivity contribution in [3.8, 4) is 5.75 Å². The first-order chi connectivity index (χ1) is 8.86. The first-order valence-corrected chi connectivity index (χ1v) is 8.00. The Morgan fingerprint density at radius 3 is 2.79 bits per heavy atom. The standard InChI is InChI=1S/C15H23NOS.ClH/c1-14-7-3-4-8-15(14)17-11-6-2-5-9-16-10-12-18-13-16;/h3-4,7-8H,2,5-6,9-13H2,1H3;1H. The maximum absolute atomic E-state index is 5.79. The van der Waals surface area contributed by atoms with E-state index < -0.39 is 0 Å². The lowest BCUT2D eigenvalue weighted by Crippen LogP contribution is -2.20. The number of hydrogen-bond donors (Lipinski definition) is 0. The quantitative estimate of drug-likeness (QED) is 0.707. The van der Waals surface area contributed by atoms with Gasteiger partial charge in [0.05, 0.1) is 6.61 Å². The Morgan fingerprint density at radius 1 is 1.21 bits per heavy atom. The van der Waals surface area contributed by atoms with E-state index in [1.54, 1.807) is 0 Å². The molecule has 1 heterocycles. The molecule has 1 aliphatic rings. The lowest BCUT2D eigenvalue weighted by Gasteiger charge is -2.13. The lowest BCUT2D eigenvalue weighted by atomic mass is 10.2. The molecule has 0 saturated carbocycles. The third-order valence-corrected chi connectivity index (χ3v) is 4.31. The van der Waals surface area contributed by atoms with Crippen molar-refractivity contribution in [3.63, 3.8) is 0 Å². The lowest BCUT2D eigenvalue weighted by molar-refractivity contribution is 0.292. The van der Waals surface area contributed by atoms with E-state index in [9.17, 15) is 0 Å². The minimum Gasteiger partial charge on any atom is -0.493 e. The van der Waals surface area contributed by atoms with Crippen LogP contribution in [0.1, 0.15) is 24.8 Å². The van der Waals surface area contributed by atoms with Crippen molar-refractivity contribution in [3.05, 3.63) is 29.8 Å². The van der Waals surface area contributed by atoms with Gasteiger partial charge in [0, 0.05) is 18.2 Å². The molecule has 1 aliphatic heterocycles. The molecular formula is C15H24ClNOS. The first-order valence-electron chi connectivity index (χ1n) is 6.85. The second-order valence-electron chi connectivity index (χ2n) is 4.83. The number of benzene rings is 1. The van der Waals surface area contributed by atoms with Crippen LogP contribution in [0.15, 0.2) is 24.3 Å². The highest BCUT2D eigenvalue weighted by atomic mass is 35.5. The van der Waals surface area contributed by atoms with Crippen LogP contribution in [0.3, 0.4) is 0 Å². The maximum Gasteiger partial charge on any atom is 0.122 e. The number of para-hydroxylation sites is 1. The van der Waals surface area contributed by atoms with E-state index in [1.807, 2.05) is 6.07 Å². The van der Waals surface area contributed by atoms with Gasteiger partial charge in [-0.2, -0.15) is 0 Å². The van der Waals surface area contributed by atoms with Crippen LogP contribution in [0, 0.1) is 6.92 Å². The molecule has 0 atom stereocenters. The molecule has 108 valence electrons. The van der Waals surface area contributed by atoms with Crippen molar-refractivity contribution >= 4 is 24.2 Å². The zero-order valence-corrected chi connectivity index (χ0v) is 13.3. The van der Waals surface area contributed by atoms with Crippen LogP contribution in [-0.2, 0) is 0 Å². The summed E-state index contributed by atoms with van der Waals surface area (Å²) in [5.41, 5.74) is 1.23. The molecule has 0 spiro atoms. The van der Waals surface area contributed by atoms with Crippen LogP contribution in [0.5, 0.6) is 5.75 Å². The monoisotopic (exact) mass is 301 g/mol. The van der Waals surface area contributed by atoms with Crippen molar-refractivity contribution < 1.29 is 4.74 Å². The van der Waals surface area contributed by atoms with Crippen molar-refractivity contribution in [2.45, 2.75) is 26.2 Å². The van der Waals surface area contributed by atoms with Crippen molar-refractivity contribution in [2.75, 3.05) is 31.3 Å². The minimum absolute atomic E-state index is 0. The molecule has 0 amide bonds. The van der Waals surface area contributed by atoms with Gasteiger partial charge in [0.25, 0.3) is 0 Å². The Balaban J connectivity index is 0.00000180. The van der Waals surface area contributed by atoms with Gasteiger partial charge in [-0.15, -0.1) is 24.2 Å². The molecule has 2 nitrogen and oxygen atoms in total. The molecule has 0 aromatic heterocycles. The van der Waals surface area contributed by atoms with E-state index in [0.29, 0.717) is 0 Å². The van der Waals surface area contributed by atoms with E-state index >= 15 is 0 Å². The average molecular weight is 302 g/mol. The molecule has 1 fully saturated rings. The summed E-state index contributed by atoms with van der Waals surface area (Å²) < 4.78 is 5.79. The highest BCUT2D eigenvalue weighted by Gasteiger charge is 2.10. The Hall–Kier alpha value is -0.380. The van der Waals surface area contributed by atoms with E-state index in [4.69, 9.17) is 4.74 Å². The molecular weight excluding hydrogens is 278 g/mol. The summed E-state index contributed by atoms with van der Waals surface area (Å²) in [6, 6.07) is 8.24. The normalized spacial score (nSPS) is 15.2. The third-order valence-electron chi connectivity index (χ3n) is 3.30. The van der Waals surface area contributed by atoms with Gasteiger partial charge >= 0.3 is 0 Å². The highest BCUT2D eigenvalue weighted by Crippen LogP contribution is 2.17. The fourth-order valence-corrected chi connectivity index (χ4v) is 3.18. The van der Waals surface area contributed by atoms with E-state index in [-0.39, 0.29) is 12.4 Å². The number of nitrogens with zero attached hydrogens (tertiary/aromatic N) is 1. The Labute approximate surface area is 127 Å². The largest absolute Gasteiger partial charge is 0.493 e. The molecule has 19 heavy (non-hydrogen) atoms. The van der Waals surface area contributed by atoms with Crippen LogP contribution in [-0.4, -0.2) is 36.2 Å². The van der Waals surface area contributed by atoms with Crippen LogP contribution in [0.25, 0.3) is 0 Å². The van der Waals surface area contributed by atoms with Gasteiger partial charge in [-0.1, -0.05) is 18.2 Å². The van der Waals surface area contributed by atoms with Crippen molar-refractivity contribution in [1.82, 2.24) is 4.90 Å². The van der Waals surface area contributed by atoms with Crippen molar-refractivity contribution in [1.29, 1.82) is 0 Å². The van der Waals surface area contributed by atoms with Gasteiger partial charge in [0.15, 0.2) is 0 Å². The van der Waals surface area contributed by atoms with E-state index in [0.717, 1.165) is 18.8 Å². The predicted molar refractivity (Wildman–Crippen MR) is 86.7 cm³/mol. The first kappa shape index (κ1) is 16.7. The molecule has 0 bridgehead atoms. The van der Waals surface area contributed by atoms with Gasteiger partial charge < -0.3 is 4.74 Å². The van der Waals surface area contributed by atoms with E-state index in [1.165, 1.54) is 43.1 Å². The molecule has 4 heteroatoms. The van der Waals surface area contributed by atoms with Crippen LogP contribution in [0.4, 0.5) is 0 Å². The Morgan fingerprint density at radius 2 is 2.05 bits per heavy atom. The molecule has 1 aromatic rings. The molecule has 2 rings (SSSR count). The van der Waals surface area contributed by atoms with Crippen LogP contribution < -0.4 is 4.74 Å². The number of aryl methyl sites for hydroxylation is 1. The second kappa shape index (κ2) is 9.51. The number of unbranched alkanes of at least 4 members (excludes halogenated alkanes) is 2. The number of thioether (sulfide) groups is 1. The van der Waals surface area contributed by atoms with Gasteiger partial charge in [0.2, 0.25) is 0 Å². The number of ether oxygens (including phenoxy) is 1. The summed E-state index contributed by atoms with van der Waals surface area (Å²) >= 11 is 2.05. The fourth-order valence-electron chi connectivity index (χ4n) is 2.14. The topological polar surface area (TPSA) is 12.5 Å². The second-order valence-corrected chi connectivity index (χ2v) is 5.90. The predicted octanol–water partition coefficient (Wildman–Crippen LogP) is 3.97. The molecule has 0 aliphatic carbocycles. The minimum atomic E-state index is 0. The average Bonchev–Trinajstić information content (AvgIpc) is 2.89. The molecule has 0 N–H and O–H groups in total. The summed E-state index contributed by atoms with van der Waals surface area (Å²) in [7, 11) is 0. The maximum atomic E-state index is 5.79. The van der Waals surface area contributed by atoms with Gasteiger partial charge in [-0.3, -0.25) is 4.90 Å². The molecule has 1 saturated heterocycles. The smallest absolute Gasteiger partial charge is 0.122 e. The summed E-state index contributed by atoms with van der Waals surface area (Å²) in [6.07, 6.45) is 3.74. The molecule has 0 unspecified atom stereocenters. The SMILES string of the molecule is Cc1ccccc1OCCCCCN1CCSC1.Cl. The summed E-state index contributed by atoms with van der Waals surface area (Å²) in [5, 5.41) is 0. The van der Waals surface area contributed by atoms with Crippen molar-refractivity contribution in [2.24, 2.45) is 0 Å². The summed E-state index contributed by atoms with van der Waals surface area (Å²) in [4.78, 5) is 2.55. The highest BCUT2D eigenvalue weighted by molar-refractivity contribution is 7.99. The summed E-state index contributed by atoms with van der Waals surface area (Å²) in [5.74, 6) is 3.59. The van der Waals surface area contributed by atoms with Gasteiger partial charge in [-0.25, -0.2) is 0 Å². The Bertz CT molecular complexity index is 356. The van der Waals surface area contributed by atoms with Crippen LogP contribution in [0.2, 0.25) is 0 Å². The molecule has 0 radical (unpaired) electrons. The number of halogens is 1.